The van der Waals surface area contributed by atoms with Gasteiger partial charge >= 0.3 is 0 Å². The molecule has 0 aromatic heterocycles. The molecule has 0 aromatic carbocycles. The summed E-state index contributed by atoms with van der Waals surface area (Å²) in [7, 11) is 0. The maximum Gasteiger partial charge on any atom is 0.171 e. The molecule has 0 bridgehead atoms. The predicted molar refractivity (Wildman–Crippen MR) is 72.5 cm³/mol. The van der Waals surface area contributed by atoms with E-state index in [1.165, 1.54) is 0 Å². The number of rotatable bonds is 1. The standard InChI is InChI=1S/C13H18N2OS/c1-4-5-8-11-9(15-12(17)14-8)6-13(2,3)7-10(11)16/h4-5,8H,6-7H2,1-3H3,(H2,14,15,17)/b5-4+/t8-/m0/s1. The van der Waals surface area contributed by atoms with Crippen LogP contribution in [0.15, 0.2) is 23.4 Å². The van der Waals surface area contributed by atoms with Crippen LogP contribution < -0.4 is 10.6 Å². The first-order valence-corrected chi connectivity index (χ1v) is 6.30. The van der Waals surface area contributed by atoms with Gasteiger partial charge in [-0.25, -0.2) is 0 Å². The molecule has 1 atom stereocenters. The third-order valence-electron chi connectivity index (χ3n) is 3.17. The van der Waals surface area contributed by atoms with Gasteiger partial charge in [0.25, 0.3) is 0 Å². The normalized spacial score (nSPS) is 27.8. The third-order valence-corrected chi connectivity index (χ3v) is 3.39. The zero-order chi connectivity index (χ0) is 12.6. The molecular weight excluding hydrogens is 232 g/mol. The molecule has 2 aliphatic rings. The molecule has 3 nitrogen and oxygen atoms in total. The average molecular weight is 250 g/mol. The van der Waals surface area contributed by atoms with E-state index in [4.69, 9.17) is 12.2 Å². The van der Waals surface area contributed by atoms with Gasteiger partial charge in [0.05, 0.1) is 6.04 Å². The first-order chi connectivity index (χ1) is 7.93. The Bertz CT molecular complexity index is 435. The minimum absolute atomic E-state index is 0.0242. The van der Waals surface area contributed by atoms with E-state index in [1.54, 1.807) is 0 Å². The third kappa shape index (κ3) is 2.41. The van der Waals surface area contributed by atoms with Crippen molar-refractivity contribution in [1.82, 2.24) is 10.6 Å². The Morgan fingerprint density at radius 1 is 1.41 bits per heavy atom. The minimum Gasteiger partial charge on any atom is -0.352 e. The molecule has 1 aliphatic carbocycles. The summed E-state index contributed by atoms with van der Waals surface area (Å²) < 4.78 is 0. The van der Waals surface area contributed by atoms with Crippen LogP contribution in [0.1, 0.15) is 33.6 Å². The van der Waals surface area contributed by atoms with Gasteiger partial charge in [-0.1, -0.05) is 26.0 Å². The van der Waals surface area contributed by atoms with Crippen LogP contribution in [0, 0.1) is 5.41 Å². The molecule has 0 spiro atoms. The Morgan fingerprint density at radius 2 is 2.12 bits per heavy atom. The topological polar surface area (TPSA) is 41.1 Å². The van der Waals surface area contributed by atoms with Gasteiger partial charge < -0.3 is 10.6 Å². The molecule has 0 unspecified atom stereocenters. The van der Waals surface area contributed by atoms with Gasteiger partial charge in [0.15, 0.2) is 10.9 Å². The largest absolute Gasteiger partial charge is 0.352 e. The predicted octanol–water partition coefficient (Wildman–Crippen LogP) is 2.05. The van der Waals surface area contributed by atoms with Crippen LogP contribution in [0.5, 0.6) is 0 Å². The second kappa shape index (κ2) is 4.26. The summed E-state index contributed by atoms with van der Waals surface area (Å²) in [5.41, 5.74) is 1.88. The fraction of sp³-hybridized carbons (Fsp3) is 0.538. The number of thiocarbonyl (C=S) groups is 1. The fourth-order valence-electron chi connectivity index (χ4n) is 2.53. The monoisotopic (exact) mass is 250 g/mol. The molecule has 2 N–H and O–H groups in total. The van der Waals surface area contributed by atoms with Crippen molar-refractivity contribution in [2.24, 2.45) is 5.41 Å². The van der Waals surface area contributed by atoms with Gasteiger partial charge in [-0.05, 0) is 31.0 Å². The van der Waals surface area contributed by atoms with Crippen molar-refractivity contribution in [2.75, 3.05) is 0 Å². The lowest BCUT2D eigenvalue weighted by molar-refractivity contribution is -0.118. The van der Waals surface area contributed by atoms with Gasteiger partial charge in [0.2, 0.25) is 0 Å². The SMILES string of the molecule is C/C=C/[C@@H]1NC(=S)NC2=C1C(=O)CC(C)(C)C2. The maximum atomic E-state index is 12.2. The summed E-state index contributed by atoms with van der Waals surface area (Å²) in [6, 6.07) is -0.0626. The highest BCUT2D eigenvalue weighted by atomic mass is 32.1. The second-order valence-corrected chi connectivity index (χ2v) is 5.84. The van der Waals surface area contributed by atoms with E-state index in [9.17, 15) is 4.79 Å². The van der Waals surface area contributed by atoms with Gasteiger partial charge in [-0.2, -0.15) is 0 Å². The lowest BCUT2D eigenvalue weighted by Crippen LogP contribution is -2.51. The van der Waals surface area contributed by atoms with E-state index in [0.717, 1.165) is 17.7 Å². The zero-order valence-electron chi connectivity index (χ0n) is 10.5. The summed E-state index contributed by atoms with van der Waals surface area (Å²) in [6.07, 6.45) is 5.42. The van der Waals surface area contributed by atoms with Crippen LogP contribution in [-0.2, 0) is 4.79 Å². The van der Waals surface area contributed by atoms with Crippen molar-refractivity contribution in [3.63, 3.8) is 0 Å². The van der Waals surface area contributed by atoms with Crippen LogP contribution in [-0.4, -0.2) is 16.9 Å². The Balaban J connectivity index is 2.42. The summed E-state index contributed by atoms with van der Waals surface area (Å²) in [6.45, 7) is 6.18. The van der Waals surface area contributed by atoms with E-state index in [0.29, 0.717) is 11.5 Å². The molecule has 4 heteroatoms. The Morgan fingerprint density at radius 3 is 2.76 bits per heavy atom. The Labute approximate surface area is 107 Å². The molecule has 0 radical (unpaired) electrons. The highest BCUT2D eigenvalue weighted by Gasteiger charge is 2.38. The number of Topliss-reactive ketones (excluding diaryl/α,β-unsaturated/α-hetero) is 1. The molecule has 92 valence electrons. The molecule has 1 aliphatic heterocycles. The number of carbonyl (C=O) groups excluding carboxylic acids is 1. The highest BCUT2D eigenvalue weighted by Crippen LogP contribution is 2.37. The van der Waals surface area contributed by atoms with Gasteiger partial charge in [-0.15, -0.1) is 0 Å². The minimum atomic E-state index is -0.0626. The van der Waals surface area contributed by atoms with Gasteiger partial charge in [0, 0.05) is 17.7 Å². The van der Waals surface area contributed by atoms with Crippen molar-refractivity contribution < 1.29 is 4.79 Å². The van der Waals surface area contributed by atoms with Crippen molar-refractivity contribution in [3.05, 3.63) is 23.4 Å². The van der Waals surface area contributed by atoms with Crippen molar-refractivity contribution in [2.45, 2.75) is 39.7 Å². The molecule has 0 saturated heterocycles. The summed E-state index contributed by atoms with van der Waals surface area (Å²) >= 11 is 5.18. The summed E-state index contributed by atoms with van der Waals surface area (Å²) in [4.78, 5) is 12.2. The van der Waals surface area contributed by atoms with E-state index in [-0.39, 0.29) is 17.2 Å². The van der Waals surface area contributed by atoms with Crippen LogP contribution in [0.3, 0.4) is 0 Å². The van der Waals surface area contributed by atoms with Crippen LogP contribution in [0.25, 0.3) is 0 Å². The molecular formula is C13H18N2OS. The van der Waals surface area contributed by atoms with E-state index in [2.05, 4.69) is 24.5 Å². The molecule has 0 aromatic rings. The van der Waals surface area contributed by atoms with Gasteiger partial charge in [0.1, 0.15) is 0 Å². The molecule has 0 saturated carbocycles. The zero-order valence-corrected chi connectivity index (χ0v) is 11.3. The second-order valence-electron chi connectivity index (χ2n) is 5.44. The fourth-order valence-corrected chi connectivity index (χ4v) is 2.78. The van der Waals surface area contributed by atoms with E-state index in [1.807, 2.05) is 19.1 Å². The van der Waals surface area contributed by atoms with Crippen LogP contribution in [0.2, 0.25) is 0 Å². The molecule has 2 rings (SSSR count). The molecule has 17 heavy (non-hydrogen) atoms. The summed E-state index contributed by atoms with van der Waals surface area (Å²) in [5, 5.41) is 6.88. The van der Waals surface area contributed by atoms with Crippen molar-refractivity contribution >= 4 is 23.1 Å². The Kier molecular flexibility index (Phi) is 3.08. The maximum absolute atomic E-state index is 12.2. The highest BCUT2D eigenvalue weighted by molar-refractivity contribution is 7.80. The smallest absolute Gasteiger partial charge is 0.171 e. The number of ketones is 1. The lowest BCUT2D eigenvalue weighted by atomic mass is 9.74. The van der Waals surface area contributed by atoms with Crippen molar-refractivity contribution in [3.8, 4) is 0 Å². The number of carbonyl (C=O) groups is 1. The number of hydrogen-bond acceptors (Lipinski definition) is 2. The lowest BCUT2D eigenvalue weighted by Gasteiger charge is -2.38. The Hall–Kier alpha value is -1.16. The van der Waals surface area contributed by atoms with Crippen molar-refractivity contribution in [1.29, 1.82) is 0 Å². The molecule has 0 amide bonds. The quantitative estimate of drug-likeness (QED) is 0.552. The number of hydrogen-bond donors (Lipinski definition) is 2. The molecule has 1 heterocycles. The molecule has 0 fully saturated rings. The van der Waals surface area contributed by atoms with Crippen LogP contribution in [0.4, 0.5) is 0 Å². The van der Waals surface area contributed by atoms with E-state index >= 15 is 0 Å². The average Bonchev–Trinajstić information content (AvgIpc) is 2.13. The first kappa shape index (κ1) is 12.3. The number of allylic oxidation sites excluding steroid dienone is 2. The van der Waals surface area contributed by atoms with Gasteiger partial charge in [-0.3, -0.25) is 4.79 Å². The van der Waals surface area contributed by atoms with Crippen LogP contribution >= 0.6 is 12.2 Å². The summed E-state index contributed by atoms with van der Waals surface area (Å²) in [5.74, 6) is 0.224. The van der Waals surface area contributed by atoms with E-state index < -0.39 is 0 Å². The number of nitrogens with one attached hydrogen (secondary N) is 2. The first-order valence-electron chi connectivity index (χ1n) is 5.89.